The van der Waals surface area contributed by atoms with Gasteiger partial charge in [0.05, 0.1) is 18.4 Å². The molecule has 3 rings (SSSR count). The first-order valence-corrected chi connectivity index (χ1v) is 8.65. The molecule has 0 aliphatic carbocycles. The molecule has 2 aromatic carbocycles. The highest BCUT2D eigenvalue weighted by atomic mass is 16.5. The summed E-state index contributed by atoms with van der Waals surface area (Å²) in [5.74, 6) is 0.471. The van der Waals surface area contributed by atoms with Gasteiger partial charge in [0.25, 0.3) is 5.91 Å². The van der Waals surface area contributed by atoms with E-state index in [2.05, 4.69) is 15.3 Å². The van der Waals surface area contributed by atoms with Gasteiger partial charge >= 0.3 is 0 Å². The number of aromatic nitrogens is 2. The van der Waals surface area contributed by atoms with Crippen LogP contribution in [-0.2, 0) is 11.3 Å². The van der Waals surface area contributed by atoms with Gasteiger partial charge in [0.2, 0.25) is 0 Å². The molecule has 3 aromatic rings. The van der Waals surface area contributed by atoms with Crippen LogP contribution in [0.2, 0.25) is 0 Å². The van der Waals surface area contributed by atoms with Crippen LogP contribution in [0.1, 0.15) is 6.92 Å². The highest BCUT2D eigenvalue weighted by molar-refractivity contribution is 5.94. The quantitative estimate of drug-likeness (QED) is 0.710. The van der Waals surface area contributed by atoms with E-state index in [1.54, 1.807) is 13.1 Å². The molecule has 0 bridgehead atoms. The van der Waals surface area contributed by atoms with E-state index in [1.165, 1.54) is 0 Å². The lowest BCUT2D eigenvalue weighted by molar-refractivity contribution is -0.122. The summed E-state index contributed by atoms with van der Waals surface area (Å²) in [5.41, 5.74) is 0.669. The Bertz CT molecular complexity index is 888. The molecule has 0 saturated carbocycles. The summed E-state index contributed by atoms with van der Waals surface area (Å²) in [6.45, 7) is 3.39. The molecule has 0 fully saturated rings. The molecule has 0 aliphatic heterocycles. The van der Waals surface area contributed by atoms with Crippen LogP contribution in [0, 0.1) is 0 Å². The number of anilines is 1. The second-order valence-corrected chi connectivity index (χ2v) is 6.55. The van der Waals surface area contributed by atoms with Crippen molar-refractivity contribution in [2.24, 2.45) is 0 Å². The third-order valence-corrected chi connectivity index (χ3v) is 4.08. The Labute approximate surface area is 153 Å². The molecule has 0 spiro atoms. The van der Waals surface area contributed by atoms with Crippen molar-refractivity contribution >= 4 is 22.4 Å². The minimum Gasteiger partial charge on any atom is -0.481 e. The molecule has 1 heterocycles. The van der Waals surface area contributed by atoms with Crippen molar-refractivity contribution in [1.82, 2.24) is 14.7 Å². The fraction of sp³-hybridized carbons (Fsp3) is 0.300. The van der Waals surface area contributed by atoms with Crippen molar-refractivity contribution in [3.63, 3.8) is 0 Å². The van der Waals surface area contributed by atoms with Gasteiger partial charge in [-0.25, -0.2) is 0 Å². The number of amides is 1. The summed E-state index contributed by atoms with van der Waals surface area (Å²) in [6.07, 6.45) is 2.86. The van der Waals surface area contributed by atoms with Gasteiger partial charge in [-0.15, -0.1) is 0 Å². The molecule has 0 radical (unpaired) electrons. The normalized spacial score (nSPS) is 12.3. The Morgan fingerprint density at radius 1 is 1.23 bits per heavy atom. The number of carbonyl (C=O) groups is 1. The Morgan fingerprint density at radius 2 is 2.00 bits per heavy atom. The monoisotopic (exact) mass is 352 g/mol. The Hall–Kier alpha value is -2.86. The minimum atomic E-state index is -0.610. The van der Waals surface area contributed by atoms with E-state index in [0.717, 1.165) is 23.9 Å². The van der Waals surface area contributed by atoms with E-state index in [9.17, 15) is 4.79 Å². The van der Waals surface area contributed by atoms with Crippen molar-refractivity contribution in [1.29, 1.82) is 0 Å². The Morgan fingerprint density at radius 3 is 2.77 bits per heavy atom. The lowest BCUT2D eigenvalue weighted by atomic mass is 10.1. The van der Waals surface area contributed by atoms with Crippen molar-refractivity contribution < 1.29 is 9.53 Å². The van der Waals surface area contributed by atoms with Crippen LogP contribution in [0.5, 0.6) is 5.75 Å². The van der Waals surface area contributed by atoms with E-state index in [4.69, 9.17) is 4.74 Å². The highest BCUT2D eigenvalue weighted by Crippen LogP contribution is 2.21. The molecular formula is C20H24N4O2. The lowest BCUT2D eigenvalue weighted by Crippen LogP contribution is -2.30. The molecule has 1 amide bonds. The zero-order valence-electron chi connectivity index (χ0n) is 15.3. The first-order valence-electron chi connectivity index (χ1n) is 8.65. The molecule has 1 unspecified atom stereocenters. The minimum absolute atomic E-state index is 0.203. The third kappa shape index (κ3) is 4.61. The third-order valence-electron chi connectivity index (χ3n) is 4.08. The van der Waals surface area contributed by atoms with Gasteiger partial charge in [0.1, 0.15) is 5.75 Å². The second-order valence-electron chi connectivity index (χ2n) is 6.55. The van der Waals surface area contributed by atoms with Crippen molar-refractivity contribution in [3.8, 4) is 5.75 Å². The zero-order valence-corrected chi connectivity index (χ0v) is 15.3. The number of hydrogen-bond acceptors (Lipinski definition) is 4. The predicted octanol–water partition coefficient (Wildman–Crippen LogP) is 3.00. The number of nitrogens with one attached hydrogen (secondary N) is 1. The number of rotatable bonds is 7. The van der Waals surface area contributed by atoms with Crippen LogP contribution in [0.25, 0.3) is 10.8 Å². The number of carbonyl (C=O) groups excluding carboxylic acids is 1. The maximum Gasteiger partial charge on any atom is 0.265 e. The number of ether oxygens (including phenoxy) is 1. The topological polar surface area (TPSA) is 59.4 Å². The Balaban J connectivity index is 1.58. The van der Waals surface area contributed by atoms with Crippen molar-refractivity contribution in [3.05, 3.63) is 54.9 Å². The summed E-state index contributed by atoms with van der Waals surface area (Å²) in [6, 6.07) is 13.9. The molecule has 136 valence electrons. The van der Waals surface area contributed by atoms with Gasteiger partial charge in [-0.3, -0.25) is 9.48 Å². The SMILES string of the molecule is CC(Oc1ccc2ccccc2c1)C(=O)Nc1cnn(CCN(C)C)c1. The van der Waals surface area contributed by atoms with Gasteiger partial charge in [-0.2, -0.15) is 5.10 Å². The lowest BCUT2D eigenvalue weighted by Gasteiger charge is -2.14. The zero-order chi connectivity index (χ0) is 18.5. The van der Waals surface area contributed by atoms with E-state index < -0.39 is 6.10 Å². The van der Waals surface area contributed by atoms with Gasteiger partial charge < -0.3 is 15.0 Å². The van der Waals surface area contributed by atoms with Crippen LogP contribution in [0.4, 0.5) is 5.69 Å². The highest BCUT2D eigenvalue weighted by Gasteiger charge is 2.16. The smallest absolute Gasteiger partial charge is 0.265 e. The van der Waals surface area contributed by atoms with Crippen LogP contribution in [-0.4, -0.2) is 47.3 Å². The van der Waals surface area contributed by atoms with Crippen LogP contribution in [0.15, 0.2) is 54.9 Å². The van der Waals surface area contributed by atoms with E-state index in [-0.39, 0.29) is 5.91 Å². The Kier molecular flexibility index (Phi) is 5.53. The van der Waals surface area contributed by atoms with E-state index in [1.807, 2.05) is 67.4 Å². The first-order chi connectivity index (χ1) is 12.5. The van der Waals surface area contributed by atoms with Crippen LogP contribution >= 0.6 is 0 Å². The average Bonchev–Trinajstić information content (AvgIpc) is 3.07. The number of hydrogen-bond donors (Lipinski definition) is 1. The van der Waals surface area contributed by atoms with E-state index >= 15 is 0 Å². The molecule has 0 aliphatic rings. The predicted molar refractivity (Wildman–Crippen MR) is 103 cm³/mol. The molecule has 6 nitrogen and oxygen atoms in total. The number of benzene rings is 2. The first kappa shape index (κ1) is 17.9. The molecule has 26 heavy (non-hydrogen) atoms. The van der Waals surface area contributed by atoms with Gasteiger partial charge in [-0.1, -0.05) is 30.3 Å². The van der Waals surface area contributed by atoms with Crippen molar-refractivity contribution in [2.75, 3.05) is 26.0 Å². The van der Waals surface area contributed by atoms with Gasteiger partial charge in [-0.05, 0) is 43.9 Å². The maximum atomic E-state index is 12.4. The number of fused-ring (bicyclic) bond motifs is 1. The molecule has 6 heteroatoms. The largest absolute Gasteiger partial charge is 0.481 e. The second kappa shape index (κ2) is 8.01. The van der Waals surface area contributed by atoms with Crippen LogP contribution < -0.4 is 10.1 Å². The standard InChI is InChI=1S/C20H24N4O2/c1-15(26-19-9-8-16-6-4-5-7-17(16)12-19)20(25)22-18-13-21-24(14-18)11-10-23(2)3/h4-9,12-15H,10-11H2,1-3H3,(H,22,25). The summed E-state index contributed by atoms with van der Waals surface area (Å²) < 4.78 is 7.61. The van der Waals surface area contributed by atoms with Gasteiger partial charge in [0.15, 0.2) is 6.10 Å². The fourth-order valence-electron chi connectivity index (χ4n) is 2.60. The fourth-order valence-corrected chi connectivity index (χ4v) is 2.60. The number of nitrogens with zero attached hydrogens (tertiary/aromatic N) is 3. The molecular weight excluding hydrogens is 328 g/mol. The molecule has 0 saturated heterocycles. The van der Waals surface area contributed by atoms with Crippen LogP contribution in [0.3, 0.4) is 0 Å². The summed E-state index contributed by atoms with van der Waals surface area (Å²) in [7, 11) is 4.02. The summed E-state index contributed by atoms with van der Waals surface area (Å²) >= 11 is 0. The molecule has 1 N–H and O–H groups in total. The molecule has 1 atom stereocenters. The van der Waals surface area contributed by atoms with Crippen molar-refractivity contribution in [2.45, 2.75) is 19.6 Å². The maximum absolute atomic E-state index is 12.4. The summed E-state index contributed by atoms with van der Waals surface area (Å²) in [5, 5.41) is 9.32. The number of likely N-dealkylation sites (N-methyl/N-ethyl adjacent to an activating group) is 1. The summed E-state index contributed by atoms with van der Waals surface area (Å²) in [4.78, 5) is 14.5. The molecule has 1 aromatic heterocycles. The average molecular weight is 352 g/mol. The van der Waals surface area contributed by atoms with Gasteiger partial charge in [0, 0.05) is 12.7 Å². The van der Waals surface area contributed by atoms with E-state index in [0.29, 0.717) is 11.4 Å².